The molecule has 2 fully saturated rings. The maximum atomic E-state index is 12.1. The molecule has 0 aromatic heterocycles. The van der Waals surface area contributed by atoms with Gasteiger partial charge < -0.3 is 10.6 Å². The third kappa shape index (κ3) is 4.09. The second-order valence-corrected chi connectivity index (χ2v) is 6.50. The lowest BCUT2D eigenvalue weighted by molar-refractivity contribution is -0.126. The van der Waals surface area contributed by atoms with Gasteiger partial charge >= 0.3 is 0 Å². The Morgan fingerprint density at radius 2 is 1.64 bits per heavy atom. The molecule has 1 aromatic rings. The van der Waals surface area contributed by atoms with Gasteiger partial charge in [0.05, 0.1) is 0 Å². The molecule has 1 aromatic carbocycles. The average Bonchev–Trinajstić information content (AvgIpc) is 3.38. The van der Waals surface area contributed by atoms with Crippen molar-refractivity contribution in [1.29, 1.82) is 0 Å². The minimum atomic E-state index is 0.000270. The van der Waals surface area contributed by atoms with Crippen LogP contribution in [-0.4, -0.2) is 17.9 Å². The number of rotatable bonds is 5. The Hall–Kier alpha value is -1.84. The van der Waals surface area contributed by atoms with Crippen molar-refractivity contribution in [2.24, 2.45) is 5.92 Å². The van der Waals surface area contributed by atoms with Crippen LogP contribution in [0, 0.1) is 5.92 Å². The molecule has 2 aliphatic carbocycles. The molecule has 0 saturated heterocycles. The fraction of sp³-hybridized carbons (Fsp3) is 0.556. The summed E-state index contributed by atoms with van der Waals surface area (Å²) in [6.07, 6.45) is 7.83. The molecule has 0 bridgehead atoms. The minimum absolute atomic E-state index is 0.000270. The summed E-state index contributed by atoms with van der Waals surface area (Å²) in [6, 6.07) is 7.88. The number of benzene rings is 1. The second kappa shape index (κ2) is 6.95. The van der Waals surface area contributed by atoms with E-state index in [9.17, 15) is 9.59 Å². The van der Waals surface area contributed by atoms with Crippen LogP contribution < -0.4 is 10.6 Å². The van der Waals surface area contributed by atoms with Gasteiger partial charge in [0.1, 0.15) is 0 Å². The molecule has 22 heavy (non-hydrogen) atoms. The van der Waals surface area contributed by atoms with Gasteiger partial charge in [-0.3, -0.25) is 9.59 Å². The Bertz CT molecular complexity index is 529. The highest BCUT2D eigenvalue weighted by Gasteiger charge is 2.23. The molecule has 0 unspecified atom stereocenters. The van der Waals surface area contributed by atoms with E-state index in [2.05, 4.69) is 10.6 Å². The quantitative estimate of drug-likeness (QED) is 0.878. The van der Waals surface area contributed by atoms with E-state index in [1.807, 2.05) is 24.3 Å². The van der Waals surface area contributed by atoms with E-state index in [1.165, 1.54) is 19.3 Å². The van der Waals surface area contributed by atoms with Crippen molar-refractivity contribution >= 4 is 11.8 Å². The Kier molecular flexibility index (Phi) is 4.76. The molecule has 3 rings (SSSR count). The molecule has 2 N–H and O–H groups in total. The first kappa shape index (κ1) is 15.1. The molecular weight excluding hydrogens is 276 g/mol. The topological polar surface area (TPSA) is 58.2 Å². The molecule has 0 aliphatic heterocycles. The monoisotopic (exact) mass is 300 g/mol. The first-order valence-electron chi connectivity index (χ1n) is 8.40. The van der Waals surface area contributed by atoms with Crippen LogP contribution in [-0.2, 0) is 11.3 Å². The zero-order valence-electron chi connectivity index (χ0n) is 12.9. The van der Waals surface area contributed by atoms with E-state index < -0.39 is 0 Å². The highest BCUT2D eigenvalue weighted by Crippen LogP contribution is 2.23. The van der Waals surface area contributed by atoms with Gasteiger partial charge in [0.25, 0.3) is 5.91 Å². The molecule has 4 nitrogen and oxygen atoms in total. The number of amides is 2. The SMILES string of the molecule is O=C(NC1CC1)c1ccc(CNC(=O)C2CCCCC2)cc1. The first-order valence-corrected chi connectivity index (χ1v) is 8.40. The Morgan fingerprint density at radius 3 is 2.27 bits per heavy atom. The fourth-order valence-corrected chi connectivity index (χ4v) is 2.97. The summed E-state index contributed by atoms with van der Waals surface area (Å²) in [5.74, 6) is 0.368. The standard InChI is InChI=1S/C18H24N2O2/c21-17(14-4-2-1-3-5-14)19-12-13-6-8-15(9-7-13)18(22)20-16-10-11-16/h6-9,14,16H,1-5,10-12H2,(H,19,21)(H,20,22). The number of carbonyl (C=O) groups is 2. The van der Waals surface area contributed by atoms with Crippen LogP contribution in [0.5, 0.6) is 0 Å². The van der Waals surface area contributed by atoms with Gasteiger partial charge in [0.15, 0.2) is 0 Å². The average molecular weight is 300 g/mol. The van der Waals surface area contributed by atoms with Crippen molar-refractivity contribution in [2.45, 2.75) is 57.5 Å². The van der Waals surface area contributed by atoms with Gasteiger partial charge in [-0.15, -0.1) is 0 Å². The molecule has 4 heteroatoms. The molecule has 2 amide bonds. The maximum Gasteiger partial charge on any atom is 0.251 e. The fourth-order valence-electron chi connectivity index (χ4n) is 2.97. The second-order valence-electron chi connectivity index (χ2n) is 6.50. The third-order valence-electron chi connectivity index (χ3n) is 4.57. The number of hydrogen-bond acceptors (Lipinski definition) is 2. The van der Waals surface area contributed by atoms with Crippen LogP contribution in [0.15, 0.2) is 24.3 Å². The summed E-state index contributed by atoms with van der Waals surface area (Å²) in [5, 5.41) is 5.99. The van der Waals surface area contributed by atoms with Gasteiger partial charge in [-0.25, -0.2) is 0 Å². The molecule has 2 aliphatic rings. The van der Waals surface area contributed by atoms with Crippen molar-refractivity contribution in [2.75, 3.05) is 0 Å². The van der Waals surface area contributed by atoms with Crippen LogP contribution in [0.1, 0.15) is 60.9 Å². The summed E-state index contributed by atoms with van der Waals surface area (Å²) in [7, 11) is 0. The van der Waals surface area contributed by atoms with Crippen LogP contribution >= 0.6 is 0 Å². The van der Waals surface area contributed by atoms with Crippen LogP contribution in [0.3, 0.4) is 0 Å². The molecule has 118 valence electrons. The highest BCUT2D eigenvalue weighted by molar-refractivity contribution is 5.94. The van der Waals surface area contributed by atoms with Crippen molar-refractivity contribution in [3.05, 3.63) is 35.4 Å². The van der Waals surface area contributed by atoms with Crippen molar-refractivity contribution in [3.63, 3.8) is 0 Å². The van der Waals surface area contributed by atoms with Crippen LogP contribution in [0.25, 0.3) is 0 Å². The van der Waals surface area contributed by atoms with Crippen LogP contribution in [0.2, 0.25) is 0 Å². The predicted octanol–water partition coefficient (Wildman–Crippen LogP) is 2.78. The van der Waals surface area contributed by atoms with Gasteiger partial charge in [-0.1, -0.05) is 31.4 Å². The molecular formula is C18H24N2O2. The minimum Gasteiger partial charge on any atom is -0.352 e. The van der Waals surface area contributed by atoms with Gasteiger partial charge in [0, 0.05) is 24.1 Å². The van der Waals surface area contributed by atoms with E-state index in [0.29, 0.717) is 18.2 Å². The molecule has 2 saturated carbocycles. The summed E-state index contributed by atoms with van der Waals surface area (Å²) in [5.41, 5.74) is 1.72. The highest BCUT2D eigenvalue weighted by atomic mass is 16.2. The zero-order chi connectivity index (χ0) is 15.4. The van der Waals surface area contributed by atoms with E-state index in [-0.39, 0.29) is 17.7 Å². The smallest absolute Gasteiger partial charge is 0.251 e. The van der Waals surface area contributed by atoms with E-state index >= 15 is 0 Å². The van der Waals surface area contributed by atoms with Gasteiger partial charge in [-0.2, -0.15) is 0 Å². The third-order valence-corrected chi connectivity index (χ3v) is 4.57. The summed E-state index contributed by atoms with van der Waals surface area (Å²) in [6.45, 7) is 0.542. The maximum absolute atomic E-state index is 12.1. The van der Waals surface area contributed by atoms with Gasteiger partial charge in [0.2, 0.25) is 5.91 Å². The normalized spacial score (nSPS) is 18.7. The van der Waals surface area contributed by atoms with Gasteiger partial charge in [-0.05, 0) is 43.4 Å². The lowest BCUT2D eigenvalue weighted by atomic mass is 9.88. The summed E-state index contributed by atoms with van der Waals surface area (Å²) in [4.78, 5) is 24.0. The van der Waals surface area contributed by atoms with E-state index in [1.54, 1.807) is 0 Å². The molecule has 0 radical (unpaired) electrons. The Labute approximate surface area is 131 Å². The Balaban J connectivity index is 1.47. The predicted molar refractivity (Wildman–Crippen MR) is 85.4 cm³/mol. The number of carbonyl (C=O) groups excluding carboxylic acids is 2. The summed E-state index contributed by atoms with van der Waals surface area (Å²) >= 11 is 0. The largest absolute Gasteiger partial charge is 0.352 e. The zero-order valence-corrected chi connectivity index (χ0v) is 12.9. The lowest BCUT2D eigenvalue weighted by Crippen LogP contribution is -2.31. The van der Waals surface area contributed by atoms with Crippen molar-refractivity contribution < 1.29 is 9.59 Å². The molecule has 0 heterocycles. The van der Waals surface area contributed by atoms with Crippen molar-refractivity contribution in [3.8, 4) is 0 Å². The van der Waals surface area contributed by atoms with Crippen molar-refractivity contribution in [1.82, 2.24) is 10.6 Å². The molecule has 0 spiro atoms. The number of nitrogens with one attached hydrogen (secondary N) is 2. The lowest BCUT2D eigenvalue weighted by Gasteiger charge is -2.20. The first-order chi connectivity index (χ1) is 10.7. The molecule has 0 atom stereocenters. The van der Waals surface area contributed by atoms with Crippen LogP contribution in [0.4, 0.5) is 0 Å². The summed E-state index contributed by atoms with van der Waals surface area (Å²) < 4.78 is 0. The number of hydrogen-bond donors (Lipinski definition) is 2. The Morgan fingerprint density at radius 1 is 0.955 bits per heavy atom. The van der Waals surface area contributed by atoms with E-state index in [4.69, 9.17) is 0 Å². The van der Waals surface area contributed by atoms with E-state index in [0.717, 1.165) is 31.2 Å².